The largest absolute Gasteiger partial charge is 0.449 e. The number of nitrogens with zero attached hydrogens (tertiary/aromatic N) is 20. The zero-order valence-electron chi connectivity index (χ0n) is 67.2. The Hall–Kier alpha value is -5.80. The molecule has 8 aliphatic rings. The van der Waals surface area contributed by atoms with E-state index < -0.39 is 0 Å². The smallest absolute Gasteiger partial charge is 0.197 e. The Morgan fingerprint density at radius 2 is 0.914 bits per heavy atom. The number of likely N-dealkylation sites (tertiary alicyclic amines) is 8. The van der Waals surface area contributed by atoms with Gasteiger partial charge in [-0.3, -0.25) is 18.7 Å². The van der Waals surface area contributed by atoms with Crippen molar-refractivity contribution in [2.24, 2.45) is 21.1 Å². The van der Waals surface area contributed by atoms with Gasteiger partial charge in [-0.05, 0) is 314 Å². The van der Waals surface area contributed by atoms with Crippen molar-refractivity contribution < 1.29 is 8.94 Å². The first-order valence-electron chi connectivity index (χ1n) is 39.9. The zero-order valence-corrected chi connectivity index (χ0v) is 68.9. The summed E-state index contributed by atoms with van der Waals surface area (Å²) in [6.45, 7) is 29.0. The van der Waals surface area contributed by atoms with Crippen LogP contribution < -0.4 is 0 Å². The Labute approximate surface area is 639 Å². The van der Waals surface area contributed by atoms with Crippen LogP contribution in [0.4, 0.5) is 0 Å². The number of aromatic nitrogens is 12. The molecule has 0 unspecified atom stereocenters. The maximum atomic E-state index is 5.28. The molecule has 0 radical (unpaired) electrons. The lowest BCUT2D eigenvalue weighted by Gasteiger charge is -2.29. The number of rotatable bonds is 10. The van der Waals surface area contributed by atoms with Crippen LogP contribution in [-0.4, -0.2) is 260 Å². The van der Waals surface area contributed by atoms with E-state index >= 15 is 0 Å². The number of hydrogen-bond donors (Lipinski definition) is 0. The lowest BCUT2D eigenvalue weighted by Crippen LogP contribution is -2.30. The number of piperidine rings is 8. The fourth-order valence-electron chi connectivity index (χ4n) is 16.2. The van der Waals surface area contributed by atoms with Crippen LogP contribution in [0.15, 0.2) is 87.1 Å². The molecule has 16 heterocycles. The Morgan fingerprint density at radius 3 is 1.32 bits per heavy atom. The van der Waals surface area contributed by atoms with Crippen molar-refractivity contribution in [3.8, 4) is 0 Å². The fraction of sp³-hybridized carbons (Fsp3) is 0.704. The highest BCUT2D eigenvalue weighted by molar-refractivity contribution is 7.09. The number of thiazole rings is 2. The highest BCUT2D eigenvalue weighted by atomic mass is 32.1. The molecular formula is C81H134N20O2S2. The molecule has 8 aromatic heterocycles. The van der Waals surface area contributed by atoms with Crippen molar-refractivity contribution >= 4 is 22.7 Å². The molecule has 0 bridgehead atoms. The third kappa shape index (κ3) is 26.5. The second kappa shape index (κ2) is 43.4. The molecule has 0 atom stereocenters. The molecule has 24 heteroatoms. The van der Waals surface area contributed by atoms with Gasteiger partial charge in [-0.15, -0.1) is 22.7 Å². The van der Waals surface area contributed by atoms with Gasteiger partial charge in [0.05, 0.1) is 51.9 Å². The van der Waals surface area contributed by atoms with E-state index in [1.165, 1.54) is 245 Å². The molecular weight excluding hydrogens is 1350 g/mol. The predicted octanol–water partition coefficient (Wildman–Crippen LogP) is 13.5. The third-order valence-corrected chi connectivity index (χ3v) is 24.8. The highest BCUT2D eigenvalue weighted by Gasteiger charge is 2.28. The molecule has 8 aromatic rings. The van der Waals surface area contributed by atoms with E-state index in [0.717, 1.165) is 61.3 Å². The van der Waals surface area contributed by atoms with Gasteiger partial charge in [-0.25, -0.2) is 15.0 Å². The monoisotopic (exact) mass is 1480 g/mol. The molecule has 0 spiro atoms. The Balaban J connectivity index is 0.000000139. The summed E-state index contributed by atoms with van der Waals surface area (Å²) in [7, 11) is 23.6. The first-order valence-corrected chi connectivity index (χ1v) is 41.7. The Kier molecular flexibility index (Phi) is 34.4. The summed E-state index contributed by atoms with van der Waals surface area (Å²) in [5.74, 6) is 6.39. The maximum absolute atomic E-state index is 5.28. The topological polar surface area (TPSA) is 175 Å². The van der Waals surface area contributed by atoms with Gasteiger partial charge in [-0.1, -0.05) is 12.1 Å². The van der Waals surface area contributed by atoms with E-state index in [9.17, 15) is 0 Å². The van der Waals surface area contributed by atoms with Crippen LogP contribution >= 0.6 is 22.7 Å². The molecule has 105 heavy (non-hydrogen) atoms. The van der Waals surface area contributed by atoms with Crippen LogP contribution in [0, 0.1) is 13.8 Å². The molecule has 16 rings (SSSR count). The van der Waals surface area contributed by atoms with Crippen molar-refractivity contribution in [2.45, 2.75) is 191 Å². The van der Waals surface area contributed by atoms with Gasteiger partial charge in [-0.2, -0.15) is 20.4 Å². The summed E-state index contributed by atoms with van der Waals surface area (Å²) in [6, 6.07) is 4.13. The maximum Gasteiger partial charge on any atom is 0.197 e. The van der Waals surface area contributed by atoms with E-state index in [4.69, 9.17) is 8.94 Å². The molecule has 8 aliphatic heterocycles. The van der Waals surface area contributed by atoms with Crippen LogP contribution in [-0.2, 0) is 34.1 Å². The van der Waals surface area contributed by atoms with E-state index in [-0.39, 0.29) is 0 Å². The van der Waals surface area contributed by atoms with Gasteiger partial charge in [0.15, 0.2) is 5.89 Å². The Bertz CT molecular complexity index is 3240. The average molecular weight is 1480 g/mol. The summed E-state index contributed by atoms with van der Waals surface area (Å²) in [5, 5.41) is 27.4. The van der Waals surface area contributed by atoms with Crippen molar-refractivity contribution in [3.05, 3.63) is 140 Å². The standard InChI is InChI=1S/2C12H21N3.C11H19N3.C10H17N3.2C9H14N2O.2C9H14N2S/c1-4-10-9-13-15(3)12(10)11-5-7-14(2)8-6-11;1-4-15-12(10(2)9-13-15)11-5-7-14(3)8-6-11;1-9-8-14(3)12-11(9)10-4-6-13(2)7-5-10;1-12-6-3-9(4-7-12)10-5-8-13(2)11-10;1-11-5-2-8(3-6-11)9-10-4-7-12-9;1-11-5-2-8(3-6-11)9-4-7-12-10-9;1-11-5-2-8(3-6-11)9-10-4-7-12-9;1-11-4-2-8(3-5-11)9-6-12-7-10-9/h2*9,11H,4-8H2,1-3H3;8,10H,4-7H2,1-3H3;5,8-9H,3-4,6-7H2,1-2H3;3*4,7-8H,2-3,5-6H2,1H3;6-8H,2-5H2,1H3. The number of oxazole rings is 1. The molecule has 8 fully saturated rings. The summed E-state index contributed by atoms with van der Waals surface area (Å²) in [5.41, 5.74) is 14.1. The van der Waals surface area contributed by atoms with Gasteiger partial charge >= 0.3 is 0 Å². The van der Waals surface area contributed by atoms with Crippen molar-refractivity contribution in [1.82, 2.24) is 98.4 Å². The van der Waals surface area contributed by atoms with Gasteiger partial charge in [0, 0.05) is 122 Å². The minimum atomic E-state index is 0.552. The van der Waals surface area contributed by atoms with Gasteiger partial charge in [0.1, 0.15) is 12.5 Å². The molecule has 22 nitrogen and oxygen atoms in total. The Morgan fingerprint density at radius 1 is 0.438 bits per heavy atom. The summed E-state index contributed by atoms with van der Waals surface area (Å²) in [4.78, 5) is 32.0. The lowest BCUT2D eigenvalue weighted by molar-refractivity contribution is 0.237. The van der Waals surface area contributed by atoms with Gasteiger partial charge in [0.25, 0.3) is 0 Å². The minimum absolute atomic E-state index is 0.552. The number of aryl methyl sites for hydroxylation is 7. The van der Waals surface area contributed by atoms with Crippen molar-refractivity contribution in [1.29, 1.82) is 0 Å². The normalized spacial score (nSPS) is 20.7. The van der Waals surface area contributed by atoms with E-state index in [1.807, 2.05) is 59.8 Å². The molecule has 8 saturated heterocycles. The van der Waals surface area contributed by atoms with Crippen LogP contribution in [0.1, 0.15) is 226 Å². The minimum Gasteiger partial charge on any atom is -0.449 e. The second-order valence-electron chi connectivity index (χ2n) is 31.5. The second-order valence-corrected chi connectivity index (χ2v) is 33.2. The van der Waals surface area contributed by atoms with Crippen molar-refractivity contribution in [2.75, 3.05) is 161 Å². The molecule has 0 saturated carbocycles. The zero-order chi connectivity index (χ0) is 74.6. The highest BCUT2D eigenvalue weighted by Crippen LogP contribution is 2.35. The van der Waals surface area contributed by atoms with E-state index in [2.05, 4.69) is 203 Å². The third-order valence-electron chi connectivity index (χ3n) is 23.3. The van der Waals surface area contributed by atoms with Crippen LogP contribution in [0.25, 0.3) is 0 Å². The fourth-order valence-corrected chi connectivity index (χ4v) is 17.7. The molecule has 0 amide bonds. The summed E-state index contributed by atoms with van der Waals surface area (Å²) < 4.78 is 18.2. The SMILES string of the molecule is CCc1cnn(C)c1C1CCN(C)CC1.CCn1ncc(C)c1C1CCN(C)CC1.CN1CCC(c2ccn(C)n2)CC1.CN1CCC(c2ccon2)CC1.CN1CCC(c2cscn2)CC1.CN1CCC(c2ncco2)CC1.CN1CCC(c2nccs2)CC1.Cc1cn(C)nc1C1CCN(C)CC1. The first-order chi connectivity index (χ1) is 50.8. The van der Waals surface area contributed by atoms with Crippen LogP contribution in [0.5, 0.6) is 0 Å². The molecule has 0 N–H and O–H groups in total. The van der Waals surface area contributed by atoms with Crippen molar-refractivity contribution in [3.63, 3.8) is 0 Å². The predicted molar refractivity (Wildman–Crippen MR) is 429 cm³/mol. The molecule has 0 aliphatic carbocycles. The average Bonchev–Trinajstić information content (AvgIpc) is 1.71. The number of hydrogen-bond acceptors (Lipinski definition) is 20. The molecule has 582 valence electrons. The quantitative estimate of drug-likeness (QED) is 0.126. The lowest BCUT2D eigenvalue weighted by atomic mass is 9.91. The van der Waals surface area contributed by atoms with Gasteiger partial charge < -0.3 is 48.1 Å². The van der Waals surface area contributed by atoms with Gasteiger partial charge in [0.2, 0.25) is 0 Å². The first kappa shape index (κ1) is 83.2. The van der Waals surface area contributed by atoms with Crippen LogP contribution in [0.3, 0.4) is 0 Å². The molecule has 0 aromatic carbocycles. The van der Waals surface area contributed by atoms with E-state index in [1.54, 1.807) is 41.4 Å². The van der Waals surface area contributed by atoms with Crippen LogP contribution in [0.2, 0.25) is 0 Å². The summed E-state index contributed by atoms with van der Waals surface area (Å²) in [6.07, 6.45) is 36.3. The van der Waals surface area contributed by atoms with E-state index in [0.29, 0.717) is 23.7 Å². The summed E-state index contributed by atoms with van der Waals surface area (Å²) >= 11 is 3.51.